The summed E-state index contributed by atoms with van der Waals surface area (Å²) in [6.45, 7) is 8.27. The Balaban J connectivity index is 1.57. The van der Waals surface area contributed by atoms with E-state index in [2.05, 4.69) is 24.5 Å². The molecule has 0 aromatic rings. The van der Waals surface area contributed by atoms with Gasteiger partial charge in [0.05, 0.1) is 0 Å². The summed E-state index contributed by atoms with van der Waals surface area (Å²) >= 11 is 0. The molecule has 2 rings (SSSR count). The summed E-state index contributed by atoms with van der Waals surface area (Å²) in [6.07, 6.45) is 16.1. The fourth-order valence-electron chi connectivity index (χ4n) is 5.42. The number of hydrogen-bond acceptors (Lipinski definition) is 4. The minimum absolute atomic E-state index is 0.00257. The summed E-state index contributed by atoms with van der Waals surface area (Å²) in [4.78, 5) is 24.2. The topological polar surface area (TPSA) is 76.7 Å². The number of carbonyl (C=O) groups is 2. The lowest BCUT2D eigenvalue weighted by Crippen LogP contribution is -2.40. The summed E-state index contributed by atoms with van der Waals surface area (Å²) in [5.74, 6) is 1.53. The Morgan fingerprint density at radius 2 is 1.06 bits per heavy atom. The van der Waals surface area contributed by atoms with Gasteiger partial charge in [-0.25, -0.2) is 9.59 Å². The normalized spacial score (nSPS) is 27.3. The SMILES string of the molecule is CCCCC(C)OC(=O)NC1CCC(CC2CCC(NC(=O)OC(C)CCCC)CC2)CC1. The fraction of sp³-hybridized carbons (Fsp3) is 0.926. The number of amides is 2. The van der Waals surface area contributed by atoms with Gasteiger partial charge in [-0.2, -0.15) is 0 Å². The van der Waals surface area contributed by atoms with Crippen molar-refractivity contribution >= 4 is 12.2 Å². The lowest BCUT2D eigenvalue weighted by atomic mass is 9.76. The number of rotatable bonds is 12. The first-order valence-electron chi connectivity index (χ1n) is 13.8. The third-order valence-electron chi connectivity index (χ3n) is 7.55. The van der Waals surface area contributed by atoms with Crippen molar-refractivity contribution in [3.05, 3.63) is 0 Å². The lowest BCUT2D eigenvalue weighted by molar-refractivity contribution is 0.0935. The van der Waals surface area contributed by atoms with Gasteiger partial charge >= 0.3 is 12.2 Å². The van der Waals surface area contributed by atoms with Crippen LogP contribution in [0.15, 0.2) is 0 Å². The van der Waals surface area contributed by atoms with Crippen LogP contribution in [0.25, 0.3) is 0 Å². The minimum atomic E-state index is -0.244. The molecule has 2 saturated carbocycles. The van der Waals surface area contributed by atoms with Gasteiger partial charge in [0, 0.05) is 12.1 Å². The van der Waals surface area contributed by atoms with Gasteiger partial charge in [-0.05, 0) is 96.3 Å². The number of unbranched alkanes of at least 4 members (excludes halogenated alkanes) is 2. The zero-order valence-electron chi connectivity index (χ0n) is 21.7. The van der Waals surface area contributed by atoms with E-state index in [0.717, 1.165) is 76.0 Å². The number of hydrogen-bond donors (Lipinski definition) is 2. The molecule has 6 heteroatoms. The molecule has 2 atom stereocenters. The van der Waals surface area contributed by atoms with Gasteiger partial charge in [0.2, 0.25) is 0 Å². The molecule has 33 heavy (non-hydrogen) atoms. The van der Waals surface area contributed by atoms with E-state index in [1.54, 1.807) is 0 Å². The van der Waals surface area contributed by atoms with E-state index < -0.39 is 0 Å². The Hall–Kier alpha value is -1.46. The van der Waals surface area contributed by atoms with E-state index in [9.17, 15) is 9.59 Å². The Morgan fingerprint density at radius 3 is 1.39 bits per heavy atom. The Morgan fingerprint density at radius 1 is 0.697 bits per heavy atom. The molecule has 2 amide bonds. The highest BCUT2D eigenvalue weighted by Crippen LogP contribution is 2.35. The summed E-state index contributed by atoms with van der Waals surface area (Å²) in [5, 5.41) is 6.17. The molecule has 0 radical (unpaired) electrons. The second-order valence-electron chi connectivity index (χ2n) is 10.7. The van der Waals surface area contributed by atoms with E-state index in [0.29, 0.717) is 0 Å². The predicted octanol–water partition coefficient (Wildman–Crippen LogP) is 7.10. The molecule has 2 aliphatic rings. The standard InChI is InChI=1S/C27H50N2O4/c1-5-7-9-20(3)32-26(30)28-24-15-11-22(12-16-24)19-23-13-17-25(18-14-23)29-27(31)33-21(4)10-8-6-2/h20-25H,5-19H2,1-4H3,(H,28,30)(H,29,31). The average molecular weight is 467 g/mol. The molecule has 6 nitrogen and oxygen atoms in total. The van der Waals surface area contributed by atoms with Crippen molar-refractivity contribution in [3.8, 4) is 0 Å². The average Bonchev–Trinajstić information content (AvgIpc) is 2.78. The smallest absolute Gasteiger partial charge is 0.407 e. The first-order chi connectivity index (χ1) is 15.9. The second-order valence-corrected chi connectivity index (χ2v) is 10.7. The van der Waals surface area contributed by atoms with Gasteiger partial charge in [0.15, 0.2) is 0 Å². The van der Waals surface area contributed by atoms with Crippen LogP contribution in [0.5, 0.6) is 0 Å². The minimum Gasteiger partial charge on any atom is -0.447 e. The monoisotopic (exact) mass is 466 g/mol. The van der Waals surface area contributed by atoms with Crippen molar-refractivity contribution < 1.29 is 19.1 Å². The van der Waals surface area contributed by atoms with Crippen LogP contribution in [0, 0.1) is 11.8 Å². The van der Waals surface area contributed by atoms with Gasteiger partial charge in [-0.15, -0.1) is 0 Å². The van der Waals surface area contributed by atoms with E-state index >= 15 is 0 Å². The van der Waals surface area contributed by atoms with Crippen LogP contribution < -0.4 is 10.6 Å². The molecule has 2 N–H and O–H groups in total. The summed E-state index contributed by atoms with van der Waals surface area (Å²) in [7, 11) is 0. The molecule has 0 heterocycles. The molecule has 0 aromatic heterocycles. The van der Waals surface area contributed by atoms with Crippen molar-refractivity contribution in [2.45, 2.75) is 148 Å². The fourth-order valence-corrected chi connectivity index (χ4v) is 5.42. The lowest BCUT2D eigenvalue weighted by Gasteiger charge is -2.34. The van der Waals surface area contributed by atoms with Crippen molar-refractivity contribution in [2.75, 3.05) is 0 Å². The second kappa shape index (κ2) is 15.4. The molecule has 0 bridgehead atoms. The van der Waals surface area contributed by atoms with Crippen molar-refractivity contribution in [1.29, 1.82) is 0 Å². The van der Waals surface area contributed by atoms with Gasteiger partial charge in [0.1, 0.15) is 12.2 Å². The maximum atomic E-state index is 12.1. The highest BCUT2D eigenvalue weighted by Gasteiger charge is 2.28. The molecule has 0 saturated heterocycles. The maximum absolute atomic E-state index is 12.1. The van der Waals surface area contributed by atoms with Gasteiger partial charge < -0.3 is 20.1 Å². The highest BCUT2D eigenvalue weighted by molar-refractivity contribution is 5.68. The number of carbonyl (C=O) groups excluding carboxylic acids is 2. The van der Waals surface area contributed by atoms with Crippen molar-refractivity contribution in [2.24, 2.45) is 11.8 Å². The van der Waals surface area contributed by atoms with Crippen LogP contribution in [-0.2, 0) is 9.47 Å². The first-order valence-corrected chi connectivity index (χ1v) is 13.8. The molecule has 0 aliphatic heterocycles. The van der Waals surface area contributed by atoms with Crippen LogP contribution >= 0.6 is 0 Å². The number of nitrogens with one attached hydrogen (secondary N) is 2. The summed E-state index contributed by atoms with van der Waals surface area (Å²) in [6, 6.07) is 0.524. The summed E-state index contributed by atoms with van der Waals surface area (Å²) in [5.41, 5.74) is 0. The first kappa shape index (κ1) is 27.8. The molecular weight excluding hydrogens is 416 g/mol. The number of alkyl carbamates (subject to hydrolysis) is 2. The zero-order chi connectivity index (χ0) is 24.1. The zero-order valence-corrected chi connectivity index (χ0v) is 21.7. The van der Waals surface area contributed by atoms with Crippen LogP contribution in [0.2, 0.25) is 0 Å². The molecular formula is C27H50N2O4. The third-order valence-corrected chi connectivity index (χ3v) is 7.55. The summed E-state index contributed by atoms with van der Waals surface area (Å²) < 4.78 is 11.0. The van der Waals surface area contributed by atoms with E-state index in [-0.39, 0.29) is 36.5 Å². The van der Waals surface area contributed by atoms with Crippen LogP contribution in [0.4, 0.5) is 9.59 Å². The van der Waals surface area contributed by atoms with Crippen LogP contribution in [0.3, 0.4) is 0 Å². The predicted molar refractivity (Wildman–Crippen MR) is 133 cm³/mol. The maximum Gasteiger partial charge on any atom is 0.407 e. The highest BCUT2D eigenvalue weighted by atomic mass is 16.6. The molecule has 192 valence electrons. The van der Waals surface area contributed by atoms with Crippen molar-refractivity contribution in [1.82, 2.24) is 10.6 Å². The largest absolute Gasteiger partial charge is 0.447 e. The van der Waals surface area contributed by atoms with Crippen LogP contribution in [0.1, 0.15) is 124 Å². The van der Waals surface area contributed by atoms with Gasteiger partial charge in [0.25, 0.3) is 0 Å². The molecule has 0 spiro atoms. The van der Waals surface area contributed by atoms with E-state index in [1.807, 2.05) is 13.8 Å². The Bertz CT molecular complexity index is 506. The molecule has 2 fully saturated rings. The molecule has 2 unspecified atom stereocenters. The molecule has 0 aromatic carbocycles. The van der Waals surface area contributed by atoms with Crippen molar-refractivity contribution in [3.63, 3.8) is 0 Å². The molecule has 2 aliphatic carbocycles. The Labute approximate surface area is 202 Å². The number of ether oxygens (including phenoxy) is 2. The third kappa shape index (κ3) is 11.5. The van der Waals surface area contributed by atoms with E-state index in [4.69, 9.17) is 9.47 Å². The Kier molecular flexibility index (Phi) is 13.0. The quantitative estimate of drug-likeness (QED) is 0.321. The van der Waals surface area contributed by atoms with Crippen LogP contribution in [-0.4, -0.2) is 36.5 Å². The van der Waals surface area contributed by atoms with Gasteiger partial charge in [-0.1, -0.05) is 39.5 Å². The van der Waals surface area contributed by atoms with Gasteiger partial charge in [-0.3, -0.25) is 0 Å². The van der Waals surface area contributed by atoms with E-state index in [1.165, 1.54) is 32.1 Å².